The number of nitrogens with zero attached hydrogens (tertiary/aromatic N) is 1. The highest BCUT2D eigenvalue weighted by molar-refractivity contribution is 6.11. The van der Waals surface area contributed by atoms with E-state index in [4.69, 9.17) is 4.42 Å². The van der Waals surface area contributed by atoms with Gasteiger partial charge in [-0.3, -0.25) is 0 Å². The van der Waals surface area contributed by atoms with Crippen LogP contribution in [-0.4, -0.2) is 4.57 Å². The molecule has 2 nitrogen and oxygen atoms in total. The Morgan fingerprint density at radius 2 is 1.21 bits per heavy atom. The van der Waals surface area contributed by atoms with Crippen LogP contribution in [0.15, 0.2) is 83.3 Å². The van der Waals surface area contributed by atoms with Crippen molar-refractivity contribution in [2.45, 2.75) is 52.4 Å². The number of fused-ring (bicyclic) bond motifs is 6. The standard InChI is InChI=1S/C32H31NO/c1-31(2,3)20-15-16-29-24(17-20)25-18-21(19-26(30(25)34-29)32(4,5)6)33-27-13-9-7-11-22(27)23-12-8-10-14-28(23)33/h7-19H,1-6H3. The summed E-state index contributed by atoms with van der Waals surface area (Å²) in [6.07, 6.45) is 0. The van der Waals surface area contributed by atoms with Gasteiger partial charge in [-0.15, -0.1) is 0 Å². The molecule has 0 atom stereocenters. The fourth-order valence-corrected chi connectivity index (χ4v) is 5.22. The number of aromatic nitrogens is 1. The second-order valence-corrected chi connectivity index (χ2v) is 11.6. The Kier molecular flexibility index (Phi) is 4.33. The molecule has 0 bridgehead atoms. The van der Waals surface area contributed by atoms with Crippen LogP contribution in [0.1, 0.15) is 52.7 Å². The Balaban J connectivity index is 1.77. The summed E-state index contributed by atoms with van der Waals surface area (Å²) in [4.78, 5) is 0. The normalized spacial score (nSPS) is 13.0. The van der Waals surface area contributed by atoms with Crippen molar-refractivity contribution in [1.82, 2.24) is 4.57 Å². The molecule has 0 amide bonds. The van der Waals surface area contributed by atoms with E-state index in [2.05, 4.69) is 125 Å². The average Bonchev–Trinajstić information content (AvgIpc) is 3.32. The van der Waals surface area contributed by atoms with Crippen LogP contribution in [0.2, 0.25) is 0 Å². The lowest BCUT2D eigenvalue weighted by Gasteiger charge is -2.21. The van der Waals surface area contributed by atoms with E-state index in [1.807, 2.05) is 0 Å². The summed E-state index contributed by atoms with van der Waals surface area (Å²) in [7, 11) is 0. The quantitative estimate of drug-likeness (QED) is 0.247. The molecule has 0 saturated heterocycles. The topological polar surface area (TPSA) is 18.1 Å². The first-order chi connectivity index (χ1) is 16.1. The van der Waals surface area contributed by atoms with Gasteiger partial charge in [-0.2, -0.15) is 0 Å². The Morgan fingerprint density at radius 1 is 0.588 bits per heavy atom. The highest BCUT2D eigenvalue weighted by atomic mass is 16.3. The molecule has 0 saturated carbocycles. The fraction of sp³-hybridized carbons (Fsp3) is 0.250. The molecular weight excluding hydrogens is 414 g/mol. The molecule has 0 unspecified atom stereocenters. The minimum absolute atomic E-state index is 0.0618. The Labute approximate surface area is 200 Å². The molecule has 0 N–H and O–H groups in total. The van der Waals surface area contributed by atoms with Crippen molar-refractivity contribution in [3.05, 3.63) is 90.0 Å². The molecule has 0 fully saturated rings. The van der Waals surface area contributed by atoms with Gasteiger partial charge in [0.05, 0.1) is 11.0 Å². The Hall–Kier alpha value is -3.52. The third-order valence-electron chi connectivity index (χ3n) is 7.07. The summed E-state index contributed by atoms with van der Waals surface area (Å²) in [5.74, 6) is 0. The second kappa shape index (κ2) is 6.99. The smallest absolute Gasteiger partial charge is 0.139 e. The molecule has 6 aromatic rings. The van der Waals surface area contributed by atoms with Crippen molar-refractivity contribution in [3.63, 3.8) is 0 Å². The van der Waals surface area contributed by atoms with E-state index in [9.17, 15) is 0 Å². The van der Waals surface area contributed by atoms with E-state index in [1.54, 1.807) is 0 Å². The van der Waals surface area contributed by atoms with E-state index < -0.39 is 0 Å². The maximum absolute atomic E-state index is 6.52. The van der Waals surface area contributed by atoms with Crippen LogP contribution in [0.3, 0.4) is 0 Å². The molecule has 0 spiro atoms. The molecule has 34 heavy (non-hydrogen) atoms. The number of rotatable bonds is 1. The lowest BCUT2D eigenvalue weighted by molar-refractivity contribution is 0.572. The van der Waals surface area contributed by atoms with Gasteiger partial charge in [-0.25, -0.2) is 0 Å². The minimum atomic E-state index is -0.0618. The summed E-state index contributed by atoms with van der Waals surface area (Å²) in [5.41, 5.74) is 8.16. The summed E-state index contributed by atoms with van der Waals surface area (Å²) in [6.45, 7) is 13.6. The predicted octanol–water partition coefficient (Wildman–Crippen LogP) is 9.28. The fourth-order valence-electron chi connectivity index (χ4n) is 5.22. The predicted molar refractivity (Wildman–Crippen MR) is 145 cm³/mol. The molecule has 0 aliphatic heterocycles. The minimum Gasteiger partial charge on any atom is -0.456 e. The van der Waals surface area contributed by atoms with Crippen molar-refractivity contribution in [2.75, 3.05) is 0 Å². The first-order valence-electron chi connectivity index (χ1n) is 12.1. The molecular formula is C32H31NO. The van der Waals surface area contributed by atoms with Gasteiger partial charge in [0.25, 0.3) is 0 Å². The van der Waals surface area contributed by atoms with Crippen LogP contribution in [0.25, 0.3) is 49.4 Å². The van der Waals surface area contributed by atoms with E-state index in [0.29, 0.717) is 0 Å². The number of para-hydroxylation sites is 2. The highest BCUT2D eigenvalue weighted by Crippen LogP contribution is 2.41. The Morgan fingerprint density at radius 3 is 1.79 bits per heavy atom. The van der Waals surface area contributed by atoms with Crippen molar-refractivity contribution in [2.24, 2.45) is 0 Å². The van der Waals surface area contributed by atoms with Crippen LogP contribution in [0.4, 0.5) is 0 Å². The number of hydrogen-bond acceptors (Lipinski definition) is 1. The molecule has 6 rings (SSSR count). The van der Waals surface area contributed by atoms with Gasteiger partial charge in [-0.05, 0) is 52.8 Å². The third-order valence-corrected chi connectivity index (χ3v) is 7.07. The zero-order valence-electron chi connectivity index (χ0n) is 20.9. The Bertz CT molecular complexity index is 1660. The van der Waals surface area contributed by atoms with Crippen LogP contribution in [-0.2, 0) is 10.8 Å². The molecule has 0 aliphatic rings. The maximum atomic E-state index is 6.52. The van der Waals surface area contributed by atoms with E-state index in [1.165, 1.54) is 49.4 Å². The summed E-state index contributed by atoms with van der Waals surface area (Å²) >= 11 is 0. The monoisotopic (exact) mass is 445 g/mol. The molecule has 0 aliphatic carbocycles. The SMILES string of the molecule is CC(C)(C)c1ccc2oc3c(C(C)(C)C)cc(-n4c5ccccc5c5ccccc54)cc3c2c1. The third kappa shape index (κ3) is 3.09. The van der Waals surface area contributed by atoms with Gasteiger partial charge in [0.2, 0.25) is 0 Å². The molecule has 170 valence electrons. The van der Waals surface area contributed by atoms with Crippen molar-refractivity contribution in [3.8, 4) is 5.69 Å². The van der Waals surface area contributed by atoms with Gasteiger partial charge in [0.1, 0.15) is 11.2 Å². The van der Waals surface area contributed by atoms with E-state index in [-0.39, 0.29) is 10.8 Å². The number of furan rings is 1. The molecule has 4 aromatic carbocycles. The van der Waals surface area contributed by atoms with Crippen molar-refractivity contribution >= 4 is 43.7 Å². The van der Waals surface area contributed by atoms with Crippen LogP contribution < -0.4 is 0 Å². The van der Waals surface area contributed by atoms with E-state index in [0.717, 1.165) is 11.2 Å². The van der Waals surface area contributed by atoms with Gasteiger partial charge in [0.15, 0.2) is 0 Å². The van der Waals surface area contributed by atoms with Crippen LogP contribution in [0, 0.1) is 0 Å². The molecule has 2 heterocycles. The second-order valence-electron chi connectivity index (χ2n) is 11.6. The van der Waals surface area contributed by atoms with Gasteiger partial charge in [-0.1, -0.05) is 84.0 Å². The summed E-state index contributed by atoms with van der Waals surface area (Å²) in [6, 6.07) is 28.7. The van der Waals surface area contributed by atoms with Gasteiger partial charge in [0, 0.05) is 32.8 Å². The van der Waals surface area contributed by atoms with E-state index >= 15 is 0 Å². The van der Waals surface area contributed by atoms with Crippen LogP contribution >= 0.6 is 0 Å². The average molecular weight is 446 g/mol. The summed E-state index contributed by atoms with van der Waals surface area (Å²) < 4.78 is 8.92. The van der Waals surface area contributed by atoms with Gasteiger partial charge >= 0.3 is 0 Å². The zero-order chi connectivity index (χ0) is 23.8. The number of benzene rings is 4. The first kappa shape index (κ1) is 21.0. The molecule has 2 heteroatoms. The summed E-state index contributed by atoms with van der Waals surface area (Å²) in [5, 5.41) is 4.94. The van der Waals surface area contributed by atoms with Crippen molar-refractivity contribution in [1.29, 1.82) is 0 Å². The lowest BCUT2D eigenvalue weighted by atomic mass is 9.84. The number of hydrogen-bond donors (Lipinski definition) is 0. The van der Waals surface area contributed by atoms with Gasteiger partial charge < -0.3 is 8.98 Å². The molecule has 0 radical (unpaired) electrons. The lowest BCUT2D eigenvalue weighted by Crippen LogP contribution is -2.12. The van der Waals surface area contributed by atoms with Crippen LogP contribution in [0.5, 0.6) is 0 Å². The maximum Gasteiger partial charge on any atom is 0.139 e. The first-order valence-corrected chi connectivity index (χ1v) is 12.1. The van der Waals surface area contributed by atoms with Crippen molar-refractivity contribution < 1.29 is 4.42 Å². The zero-order valence-corrected chi connectivity index (χ0v) is 20.9. The highest BCUT2D eigenvalue weighted by Gasteiger charge is 2.24. The largest absolute Gasteiger partial charge is 0.456 e. The molecule has 2 aromatic heterocycles.